The number of benzene rings is 3. The zero-order valence-corrected chi connectivity index (χ0v) is 18.3. The molecule has 1 saturated heterocycles. The van der Waals surface area contributed by atoms with Crippen molar-refractivity contribution >= 4 is 29.1 Å². The quantitative estimate of drug-likeness (QED) is 0.600. The van der Waals surface area contributed by atoms with Gasteiger partial charge in [-0.25, -0.2) is 0 Å². The normalized spacial score (nSPS) is 14.1. The van der Waals surface area contributed by atoms with Crippen molar-refractivity contribution in [1.29, 1.82) is 0 Å². The van der Waals surface area contributed by atoms with Crippen LogP contribution in [0.5, 0.6) is 11.5 Å². The summed E-state index contributed by atoms with van der Waals surface area (Å²) in [6.45, 7) is 2.56. The third kappa shape index (κ3) is 5.46. The van der Waals surface area contributed by atoms with Crippen LogP contribution in [0.2, 0.25) is 5.02 Å². The fourth-order valence-electron chi connectivity index (χ4n) is 3.58. The first-order chi connectivity index (χ1) is 15.6. The number of anilines is 1. The van der Waals surface area contributed by atoms with Crippen molar-refractivity contribution in [3.05, 3.63) is 89.4 Å². The number of hydrogen-bond acceptors (Lipinski definition) is 4. The van der Waals surface area contributed by atoms with Gasteiger partial charge in [0.2, 0.25) is 5.91 Å². The second-order valence-electron chi connectivity index (χ2n) is 7.51. The maximum absolute atomic E-state index is 13.2. The second-order valence-corrected chi connectivity index (χ2v) is 7.91. The summed E-state index contributed by atoms with van der Waals surface area (Å²) in [4.78, 5) is 29.4. The lowest BCUT2D eigenvalue weighted by Crippen LogP contribution is -2.50. The van der Waals surface area contributed by atoms with Crippen LogP contribution in [0.4, 0.5) is 5.69 Å². The number of nitrogens with one attached hydrogen (secondary N) is 1. The maximum atomic E-state index is 13.2. The van der Waals surface area contributed by atoms with Crippen molar-refractivity contribution < 1.29 is 14.3 Å². The third-order valence-electron chi connectivity index (χ3n) is 5.26. The smallest absolute Gasteiger partial charge is 0.257 e. The summed E-state index contributed by atoms with van der Waals surface area (Å²) in [6.07, 6.45) is 0. The van der Waals surface area contributed by atoms with Crippen LogP contribution in [-0.4, -0.2) is 54.3 Å². The lowest BCUT2D eigenvalue weighted by Gasteiger charge is -2.34. The van der Waals surface area contributed by atoms with E-state index in [1.807, 2.05) is 59.5 Å². The molecule has 1 N–H and O–H groups in total. The summed E-state index contributed by atoms with van der Waals surface area (Å²) < 4.78 is 5.94. The molecule has 6 nitrogen and oxygen atoms in total. The van der Waals surface area contributed by atoms with Crippen LogP contribution in [0.3, 0.4) is 0 Å². The van der Waals surface area contributed by atoms with Crippen LogP contribution < -0.4 is 10.1 Å². The first-order valence-corrected chi connectivity index (χ1v) is 10.9. The van der Waals surface area contributed by atoms with Crippen LogP contribution in [-0.2, 0) is 4.79 Å². The van der Waals surface area contributed by atoms with Gasteiger partial charge in [-0.3, -0.25) is 14.5 Å². The fraction of sp³-hybridized carbons (Fsp3) is 0.200. The first-order valence-electron chi connectivity index (χ1n) is 10.5. The van der Waals surface area contributed by atoms with Crippen molar-refractivity contribution in [2.45, 2.75) is 0 Å². The standard InChI is InChI=1S/C25H24ClN3O3/c26-21-11-5-6-12-22(21)27-24(30)18-28-14-16-29(17-15-28)25(31)20-10-4-7-13-23(20)32-19-8-2-1-3-9-19/h1-13H,14-18H2,(H,27,30). The van der Waals surface area contributed by atoms with E-state index in [9.17, 15) is 9.59 Å². The molecule has 1 fully saturated rings. The topological polar surface area (TPSA) is 61.9 Å². The Morgan fingerprint density at radius 3 is 2.25 bits per heavy atom. The van der Waals surface area contributed by atoms with Gasteiger partial charge in [-0.2, -0.15) is 0 Å². The number of hydrogen-bond donors (Lipinski definition) is 1. The number of amides is 2. The molecular formula is C25H24ClN3O3. The molecule has 0 saturated carbocycles. The molecule has 0 aliphatic carbocycles. The average Bonchev–Trinajstić information content (AvgIpc) is 2.82. The molecule has 32 heavy (non-hydrogen) atoms. The molecule has 1 aliphatic heterocycles. The maximum Gasteiger partial charge on any atom is 0.257 e. The van der Waals surface area contributed by atoms with Gasteiger partial charge in [0.25, 0.3) is 5.91 Å². The van der Waals surface area contributed by atoms with Gasteiger partial charge in [-0.1, -0.05) is 54.1 Å². The van der Waals surface area contributed by atoms with Gasteiger partial charge in [0.05, 0.1) is 22.8 Å². The highest BCUT2D eigenvalue weighted by Crippen LogP contribution is 2.26. The van der Waals surface area contributed by atoms with E-state index in [0.29, 0.717) is 54.0 Å². The second kappa shape index (κ2) is 10.3. The molecule has 3 aromatic carbocycles. The van der Waals surface area contributed by atoms with Crippen molar-refractivity contribution in [2.75, 3.05) is 38.0 Å². The third-order valence-corrected chi connectivity index (χ3v) is 5.59. The molecule has 0 atom stereocenters. The Kier molecular flexibility index (Phi) is 7.04. The van der Waals surface area contributed by atoms with Gasteiger partial charge in [0.1, 0.15) is 11.5 Å². The Balaban J connectivity index is 1.33. The minimum atomic E-state index is -0.125. The summed E-state index contributed by atoms with van der Waals surface area (Å²) in [5, 5.41) is 3.35. The Bertz CT molecular complexity index is 1080. The number of nitrogens with zero attached hydrogens (tertiary/aromatic N) is 2. The molecule has 2 amide bonds. The van der Waals surface area contributed by atoms with Crippen molar-refractivity contribution in [1.82, 2.24) is 9.80 Å². The molecule has 164 valence electrons. The Labute approximate surface area is 192 Å². The number of rotatable bonds is 6. The van der Waals surface area contributed by atoms with E-state index in [1.54, 1.807) is 29.2 Å². The molecule has 0 spiro atoms. The summed E-state index contributed by atoms with van der Waals surface area (Å²) in [5.74, 6) is 1.02. The van der Waals surface area contributed by atoms with E-state index in [-0.39, 0.29) is 18.4 Å². The minimum absolute atomic E-state index is 0.0725. The van der Waals surface area contributed by atoms with Crippen molar-refractivity contribution in [2.24, 2.45) is 0 Å². The lowest BCUT2D eigenvalue weighted by molar-refractivity contribution is -0.117. The number of halogens is 1. The van der Waals surface area contributed by atoms with Crippen molar-refractivity contribution in [3.8, 4) is 11.5 Å². The molecule has 3 aromatic rings. The molecule has 1 heterocycles. The zero-order chi connectivity index (χ0) is 22.3. The number of para-hydroxylation sites is 3. The first kappa shape index (κ1) is 21.9. The van der Waals surface area contributed by atoms with Gasteiger partial charge >= 0.3 is 0 Å². The Hall–Kier alpha value is -3.35. The average molecular weight is 450 g/mol. The summed E-state index contributed by atoms with van der Waals surface area (Å²) in [5.41, 5.74) is 1.13. The van der Waals surface area contributed by atoms with E-state index in [2.05, 4.69) is 5.32 Å². The molecule has 0 unspecified atom stereocenters. The molecule has 0 bridgehead atoms. The number of ether oxygens (including phenoxy) is 1. The van der Waals surface area contributed by atoms with Crippen LogP contribution >= 0.6 is 11.6 Å². The predicted molar refractivity (Wildman–Crippen MR) is 125 cm³/mol. The van der Waals surface area contributed by atoms with E-state index < -0.39 is 0 Å². The summed E-state index contributed by atoms with van der Waals surface area (Å²) >= 11 is 6.10. The monoisotopic (exact) mass is 449 g/mol. The number of piperazine rings is 1. The largest absolute Gasteiger partial charge is 0.457 e. The molecule has 0 aromatic heterocycles. The van der Waals surface area contributed by atoms with Crippen LogP contribution in [0.15, 0.2) is 78.9 Å². The van der Waals surface area contributed by atoms with Gasteiger partial charge in [0.15, 0.2) is 0 Å². The van der Waals surface area contributed by atoms with E-state index in [0.717, 1.165) is 0 Å². The van der Waals surface area contributed by atoms with Crippen LogP contribution in [0.1, 0.15) is 10.4 Å². The van der Waals surface area contributed by atoms with Gasteiger partial charge < -0.3 is 15.0 Å². The SMILES string of the molecule is O=C(CN1CCN(C(=O)c2ccccc2Oc2ccccc2)CC1)Nc1ccccc1Cl. The molecular weight excluding hydrogens is 426 g/mol. The molecule has 1 aliphatic rings. The van der Waals surface area contributed by atoms with E-state index in [1.165, 1.54) is 0 Å². The van der Waals surface area contributed by atoms with Crippen molar-refractivity contribution in [3.63, 3.8) is 0 Å². The van der Waals surface area contributed by atoms with E-state index in [4.69, 9.17) is 16.3 Å². The van der Waals surface area contributed by atoms with Gasteiger partial charge in [-0.15, -0.1) is 0 Å². The highest BCUT2D eigenvalue weighted by Gasteiger charge is 2.25. The Morgan fingerprint density at radius 1 is 0.844 bits per heavy atom. The predicted octanol–water partition coefficient (Wildman–Crippen LogP) is 4.53. The molecule has 0 radical (unpaired) electrons. The highest BCUT2D eigenvalue weighted by molar-refractivity contribution is 6.33. The fourth-order valence-corrected chi connectivity index (χ4v) is 3.77. The van der Waals surface area contributed by atoms with Crippen LogP contribution in [0, 0.1) is 0 Å². The molecule has 7 heteroatoms. The Morgan fingerprint density at radius 2 is 1.50 bits per heavy atom. The molecule has 4 rings (SSSR count). The summed E-state index contributed by atoms with van der Waals surface area (Å²) in [7, 11) is 0. The van der Waals surface area contributed by atoms with Gasteiger partial charge in [0, 0.05) is 26.2 Å². The van der Waals surface area contributed by atoms with Gasteiger partial charge in [-0.05, 0) is 36.4 Å². The lowest BCUT2D eigenvalue weighted by atomic mass is 10.1. The number of carbonyl (C=O) groups excluding carboxylic acids is 2. The number of carbonyl (C=O) groups is 2. The summed E-state index contributed by atoms with van der Waals surface area (Å²) in [6, 6.07) is 23.8. The van der Waals surface area contributed by atoms with Crippen LogP contribution in [0.25, 0.3) is 0 Å². The minimum Gasteiger partial charge on any atom is -0.457 e. The highest BCUT2D eigenvalue weighted by atomic mass is 35.5. The van der Waals surface area contributed by atoms with E-state index >= 15 is 0 Å². The zero-order valence-electron chi connectivity index (χ0n) is 17.5.